The number of aromatic hydroxyl groups is 1. The molecule has 48 heavy (non-hydrogen) atoms. The van der Waals surface area contributed by atoms with Crippen molar-refractivity contribution in [2.24, 2.45) is 4.99 Å². The summed E-state index contributed by atoms with van der Waals surface area (Å²) in [5.41, 5.74) is 2.80. The maximum Gasteiger partial charge on any atom is 0.338 e. The van der Waals surface area contributed by atoms with Gasteiger partial charge in [-0.05, 0) is 90.3 Å². The first-order chi connectivity index (χ1) is 22.9. The molecule has 0 spiro atoms. The maximum atomic E-state index is 14.1. The third-order valence-corrected chi connectivity index (χ3v) is 9.19. The number of aryl methyl sites for hydroxylation is 1. The normalized spacial score (nSPS) is 14.2. The highest BCUT2D eigenvalue weighted by Crippen LogP contribution is 2.40. The third-order valence-electron chi connectivity index (χ3n) is 7.33. The second kappa shape index (κ2) is 14.7. The number of fused-ring (bicyclic) bond motifs is 1. The molecule has 0 bridgehead atoms. The second-order valence-corrected chi connectivity index (χ2v) is 12.9. The third kappa shape index (κ3) is 7.13. The Morgan fingerprint density at radius 1 is 1.10 bits per heavy atom. The molecule has 2 heterocycles. The van der Waals surface area contributed by atoms with Crippen LogP contribution in [0.2, 0.25) is 5.02 Å². The fourth-order valence-corrected chi connectivity index (χ4v) is 6.95. The molecule has 1 unspecified atom stereocenters. The minimum atomic E-state index is -0.976. The van der Waals surface area contributed by atoms with E-state index in [9.17, 15) is 19.5 Å². The van der Waals surface area contributed by atoms with Gasteiger partial charge in [-0.1, -0.05) is 40.6 Å². The summed E-state index contributed by atoms with van der Waals surface area (Å²) in [6.07, 6.45) is 1.67. The van der Waals surface area contributed by atoms with Gasteiger partial charge in [-0.2, -0.15) is 0 Å². The number of hydrogen-bond donors (Lipinski definition) is 2. The molecule has 1 aliphatic heterocycles. The second-order valence-electron chi connectivity index (χ2n) is 10.6. The quantitative estimate of drug-likeness (QED) is 0.209. The molecule has 3 aromatic carbocycles. The lowest BCUT2D eigenvalue weighted by Gasteiger charge is -2.25. The smallest absolute Gasteiger partial charge is 0.338 e. The molecule has 1 atom stereocenters. The highest BCUT2D eigenvalue weighted by atomic mass is 79.9. The predicted octanol–water partition coefficient (Wildman–Crippen LogP) is 5.26. The van der Waals surface area contributed by atoms with E-state index in [4.69, 9.17) is 30.5 Å². The van der Waals surface area contributed by atoms with Crippen molar-refractivity contribution in [3.63, 3.8) is 0 Å². The molecule has 1 aliphatic rings. The van der Waals surface area contributed by atoms with Crippen LogP contribution in [0.5, 0.6) is 23.0 Å². The monoisotopic (exact) mass is 755 g/mol. The number of thiazole rings is 1. The number of aromatic nitrogens is 1. The van der Waals surface area contributed by atoms with Crippen LogP contribution in [0.3, 0.4) is 0 Å². The molecule has 0 saturated carbocycles. The molecule has 1 aromatic heterocycles. The molecule has 0 radical (unpaired) electrons. The lowest BCUT2D eigenvalue weighted by Crippen LogP contribution is -2.39. The van der Waals surface area contributed by atoms with Crippen LogP contribution in [0, 0.1) is 6.92 Å². The van der Waals surface area contributed by atoms with Gasteiger partial charge in [0.05, 0.1) is 52.2 Å². The Hall–Kier alpha value is -4.59. The predicted molar refractivity (Wildman–Crippen MR) is 186 cm³/mol. The molecule has 4 aromatic rings. The van der Waals surface area contributed by atoms with E-state index in [1.807, 2.05) is 38.1 Å². The van der Waals surface area contributed by atoms with Crippen LogP contribution in [0.4, 0.5) is 5.69 Å². The molecular formula is C34H31BrClN3O8S. The Morgan fingerprint density at radius 3 is 2.50 bits per heavy atom. The number of halogens is 2. The number of nitrogens with zero attached hydrogens (tertiary/aromatic N) is 2. The van der Waals surface area contributed by atoms with Crippen molar-refractivity contribution in [3.8, 4) is 23.0 Å². The summed E-state index contributed by atoms with van der Waals surface area (Å²) in [6, 6.07) is 12.9. The number of rotatable bonds is 10. The van der Waals surface area contributed by atoms with Gasteiger partial charge in [-0.15, -0.1) is 0 Å². The standard InChI is InChI=1S/C34H31BrClN3O8S/c1-6-46-25-12-19(11-22(35)31(25)47-16-27(40)38-21-9-7-17(2)8-10-21)13-26-32(42)39-29(20-14-23(36)30(41)24(15-20)44-4)28(33(43)45-5)18(3)37-34(39)48-26/h7-15,29,41H,6,16H2,1-5H3,(H,38,40). The van der Waals surface area contributed by atoms with E-state index in [1.165, 1.54) is 30.9 Å². The van der Waals surface area contributed by atoms with Crippen molar-refractivity contribution >= 4 is 62.5 Å². The van der Waals surface area contributed by atoms with Gasteiger partial charge in [0.15, 0.2) is 34.4 Å². The molecule has 1 amide bonds. The Morgan fingerprint density at radius 2 is 1.83 bits per heavy atom. The van der Waals surface area contributed by atoms with Gasteiger partial charge >= 0.3 is 5.97 Å². The number of anilines is 1. The van der Waals surface area contributed by atoms with Gasteiger partial charge in [0.25, 0.3) is 11.5 Å². The summed E-state index contributed by atoms with van der Waals surface area (Å²) in [5.74, 6) is -0.533. The first kappa shape index (κ1) is 34.7. The highest BCUT2D eigenvalue weighted by Gasteiger charge is 2.34. The molecular weight excluding hydrogens is 726 g/mol. The lowest BCUT2D eigenvalue weighted by molar-refractivity contribution is -0.136. The Labute approximate surface area is 292 Å². The number of carbonyl (C=O) groups excluding carboxylic acids is 2. The van der Waals surface area contributed by atoms with Crippen LogP contribution in [-0.2, 0) is 14.3 Å². The molecule has 5 rings (SSSR count). The van der Waals surface area contributed by atoms with Gasteiger partial charge in [-0.3, -0.25) is 14.2 Å². The van der Waals surface area contributed by atoms with Gasteiger partial charge < -0.3 is 29.4 Å². The molecule has 0 aliphatic carbocycles. The highest BCUT2D eigenvalue weighted by molar-refractivity contribution is 9.10. The number of esters is 1. The van der Waals surface area contributed by atoms with Crippen molar-refractivity contribution < 1.29 is 33.6 Å². The SMILES string of the molecule is CCOc1cc(C=c2sc3n(c2=O)C(c2cc(Cl)c(O)c(OC)c2)C(C(=O)OC)=C(C)N=3)cc(Br)c1OCC(=O)Nc1ccc(C)cc1. The fourth-order valence-electron chi connectivity index (χ4n) is 5.11. The van der Waals surface area contributed by atoms with E-state index in [1.54, 1.807) is 25.1 Å². The van der Waals surface area contributed by atoms with Crippen molar-refractivity contribution in [1.29, 1.82) is 0 Å². The summed E-state index contributed by atoms with van der Waals surface area (Å²) in [7, 11) is 2.61. The average molecular weight is 757 g/mol. The zero-order valence-corrected chi connectivity index (χ0v) is 29.7. The Kier molecular flexibility index (Phi) is 10.6. The van der Waals surface area contributed by atoms with E-state index < -0.39 is 17.6 Å². The summed E-state index contributed by atoms with van der Waals surface area (Å²) < 4.78 is 24.3. The first-order valence-electron chi connectivity index (χ1n) is 14.6. The van der Waals surface area contributed by atoms with Crippen molar-refractivity contribution in [2.75, 3.05) is 32.8 Å². The number of ether oxygens (including phenoxy) is 4. The lowest BCUT2D eigenvalue weighted by atomic mass is 9.95. The van der Waals surface area contributed by atoms with E-state index >= 15 is 0 Å². The van der Waals surface area contributed by atoms with Crippen LogP contribution < -0.4 is 34.4 Å². The number of phenols is 1. The van der Waals surface area contributed by atoms with Crippen molar-refractivity contribution in [3.05, 3.63) is 106 Å². The summed E-state index contributed by atoms with van der Waals surface area (Å²) in [6.45, 7) is 5.48. The van der Waals surface area contributed by atoms with Crippen molar-refractivity contribution in [1.82, 2.24) is 4.57 Å². The first-order valence-corrected chi connectivity index (χ1v) is 16.6. The van der Waals surface area contributed by atoms with E-state index in [-0.39, 0.29) is 34.6 Å². The average Bonchev–Trinajstić information content (AvgIpc) is 3.35. The number of carbonyl (C=O) groups is 2. The number of nitrogens with one attached hydrogen (secondary N) is 1. The molecule has 250 valence electrons. The van der Waals surface area contributed by atoms with Gasteiger partial charge in [0.2, 0.25) is 0 Å². The van der Waals surface area contributed by atoms with Crippen LogP contribution in [0.25, 0.3) is 6.08 Å². The van der Waals surface area contributed by atoms with Crippen LogP contribution in [-0.4, -0.2) is 49.0 Å². The van der Waals surface area contributed by atoms with E-state index in [2.05, 4.69) is 26.2 Å². The van der Waals surface area contributed by atoms with Gasteiger partial charge in [0.1, 0.15) is 0 Å². The van der Waals surface area contributed by atoms with Crippen LogP contribution in [0.15, 0.2) is 74.1 Å². The van der Waals surface area contributed by atoms with Crippen LogP contribution in [0.1, 0.15) is 36.6 Å². The minimum absolute atomic E-state index is 0.0198. The molecule has 2 N–H and O–H groups in total. The summed E-state index contributed by atoms with van der Waals surface area (Å²) >= 11 is 11.0. The maximum absolute atomic E-state index is 14.1. The van der Waals surface area contributed by atoms with Crippen molar-refractivity contribution in [2.45, 2.75) is 26.8 Å². The number of allylic oxidation sites excluding steroid dienone is 1. The number of benzene rings is 3. The zero-order chi connectivity index (χ0) is 34.7. The minimum Gasteiger partial charge on any atom is -0.503 e. The fraction of sp³-hybridized carbons (Fsp3) is 0.235. The number of phenolic OH excluding ortho intramolecular Hbond substituents is 1. The van der Waals surface area contributed by atoms with E-state index in [0.717, 1.165) is 16.9 Å². The molecule has 0 saturated heterocycles. The topological polar surface area (TPSA) is 138 Å². The zero-order valence-electron chi connectivity index (χ0n) is 26.6. The largest absolute Gasteiger partial charge is 0.503 e. The molecule has 11 nitrogen and oxygen atoms in total. The van der Waals surface area contributed by atoms with Gasteiger partial charge in [0, 0.05) is 5.69 Å². The number of amides is 1. The van der Waals surface area contributed by atoms with Crippen LogP contribution >= 0.6 is 38.9 Å². The van der Waals surface area contributed by atoms with Gasteiger partial charge in [-0.25, -0.2) is 9.79 Å². The number of hydrogen-bond acceptors (Lipinski definition) is 10. The Balaban J connectivity index is 1.54. The number of methoxy groups -OCH3 is 2. The van der Waals surface area contributed by atoms with E-state index in [0.29, 0.717) is 54.4 Å². The molecule has 0 fully saturated rings. The molecule has 14 heteroatoms. The Bertz CT molecular complexity index is 2130. The summed E-state index contributed by atoms with van der Waals surface area (Å²) in [4.78, 5) is 44.6. The summed E-state index contributed by atoms with van der Waals surface area (Å²) in [5, 5.41) is 13.1.